The van der Waals surface area contributed by atoms with E-state index < -0.39 is 0 Å². The number of fused-ring (bicyclic) bond motifs is 6. The van der Waals surface area contributed by atoms with Gasteiger partial charge in [-0.2, -0.15) is 9.97 Å². The van der Waals surface area contributed by atoms with E-state index in [9.17, 15) is 0 Å². The Kier molecular flexibility index (Phi) is 7.42. The lowest BCUT2D eigenvalue weighted by Gasteiger charge is -2.13. The zero-order valence-electron chi connectivity index (χ0n) is 30.3. The van der Waals surface area contributed by atoms with E-state index >= 15 is 0 Å². The zero-order valence-corrected chi connectivity index (χ0v) is 30.3. The number of aromatic nitrogens is 5. The summed E-state index contributed by atoms with van der Waals surface area (Å²) in [6.07, 6.45) is 0. The minimum atomic E-state index is 0.566. The lowest BCUT2D eigenvalue weighted by molar-refractivity contribution is 0.953. The van der Waals surface area contributed by atoms with Gasteiger partial charge in [-0.15, -0.1) is 0 Å². The van der Waals surface area contributed by atoms with Crippen molar-refractivity contribution in [2.24, 2.45) is 0 Å². The molecule has 0 radical (unpaired) electrons. The molecule has 3 aromatic heterocycles. The molecule has 0 spiro atoms. The third-order valence-corrected chi connectivity index (χ3v) is 10.8. The Morgan fingerprint density at radius 3 is 1.21 bits per heavy atom. The van der Waals surface area contributed by atoms with E-state index in [-0.39, 0.29) is 0 Å². The third-order valence-electron chi connectivity index (χ3n) is 10.8. The van der Waals surface area contributed by atoms with Crippen LogP contribution in [0, 0.1) is 0 Å². The van der Waals surface area contributed by atoms with E-state index in [0.29, 0.717) is 17.6 Å². The molecule has 0 aliphatic carbocycles. The van der Waals surface area contributed by atoms with Gasteiger partial charge in [-0.1, -0.05) is 152 Å². The highest BCUT2D eigenvalue weighted by Gasteiger charge is 2.20. The van der Waals surface area contributed by atoms with E-state index in [1.807, 2.05) is 12.1 Å². The topological polar surface area (TPSA) is 48.5 Å². The molecule has 0 aliphatic rings. The fraction of sp³-hybridized carbons (Fsp3) is 0. The molecule has 0 bridgehead atoms. The van der Waals surface area contributed by atoms with Crippen LogP contribution in [0.2, 0.25) is 0 Å². The van der Waals surface area contributed by atoms with Gasteiger partial charge in [0.05, 0.1) is 22.1 Å². The molecule has 0 saturated carbocycles. The largest absolute Gasteiger partial charge is 0.309 e. The number of nitrogens with zero attached hydrogens (tertiary/aromatic N) is 5. The first-order chi connectivity index (χ1) is 27.8. The van der Waals surface area contributed by atoms with Crippen LogP contribution >= 0.6 is 0 Å². The first kappa shape index (κ1) is 31.9. The normalized spacial score (nSPS) is 11.6. The van der Waals surface area contributed by atoms with E-state index in [4.69, 9.17) is 15.0 Å². The fourth-order valence-corrected chi connectivity index (χ4v) is 8.18. The van der Waals surface area contributed by atoms with Crippen LogP contribution in [-0.4, -0.2) is 24.1 Å². The van der Waals surface area contributed by atoms with Crippen molar-refractivity contribution in [3.05, 3.63) is 200 Å². The van der Waals surface area contributed by atoms with Gasteiger partial charge in [-0.05, 0) is 70.8 Å². The van der Waals surface area contributed by atoms with Gasteiger partial charge < -0.3 is 4.57 Å². The Morgan fingerprint density at radius 2 is 0.679 bits per heavy atom. The van der Waals surface area contributed by atoms with Crippen LogP contribution in [0.4, 0.5) is 0 Å². The average Bonchev–Trinajstić information content (AvgIpc) is 3.79. The molecule has 0 atom stereocenters. The Hall–Kier alpha value is -7.63. The van der Waals surface area contributed by atoms with Gasteiger partial charge in [0.2, 0.25) is 5.95 Å². The first-order valence-electron chi connectivity index (χ1n) is 18.9. The second-order valence-corrected chi connectivity index (χ2v) is 14.1. The molecule has 11 rings (SSSR count). The molecule has 0 fully saturated rings. The van der Waals surface area contributed by atoms with Crippen LogP contribution in [-0.2, 0) is 0 Å². The lowest BCUT2D eigenvalue weighted by Crippen LogP contribution is -2.06. The summed E-state index contributed by atoms with van der Waals surface area (Å²) in [5, 5.41) is 4.73. The van der Waals surface area contributed by atoms with Crippen molar-refractivity contribution in [1.82, 2.24) is 24.1 Å². The summed E-state index contributed by atoms with van der Waals surface area (Å²) in [4.78, 5) is 15.7. The highest BCUT2D eigenvalue weighted by molar-refractivity contribution is 6.12. The summed E-state index contributed by atoms with van der Waals surface area (Å²) in [6, 6.07) is 70.3. The van der Waals surface area contributed by atoms with Crippen molar-refractivity contribution >= 4 is 43.6 Å². The van der Waals surface area contributed by atoms with Crippen LogP contribution in [0.5, 0.6) is 0 Å². The molecule has 0 N–H and O–H groups in total. The van der Waals surface area contributed by atoms with Gasteiger partial charge >= 0.3 is 0 Å². The number of rotatable bonds is 6. The quantitative estimate of drug-likeness (QED) is 0.172. The summed E-state index contributed by atoms with van der Waals surface area (Å²) in [7, 11) is 0. The standard InChI is InChI=1S/C51H33N5/c1-3-15-34(16-4-1)36-19-13-21-38(31-36)49-52-50(39-22-14-20-37(32-39)35-17-5-2-6-18-35)54-51(53-49)56-47-28-12-9-25-43(47)44-33-40(29-30-48(44)56)55-45-26-10-7-23-41(45)42-24-8-11-27-46(42)55/h1-33H. The smallest absolute Gasteiger partial charge is 0.238 e. The predicted molar refractivity (Wildman–Crippen MR) is 230 cm³/mol. The van der Waals surface area contributed by atoms with Crippen molar-refractivity contribution in [2.45, 2.75) is 0 Å². The molecule has 5 nitrogen and oxygen atoms in total. The minimum absolute atomic E-state index is 0.566. The predicted octanol–water partition coefficient (Wildman–Crippen LogP) is 12.7. The molecular weight excluding hydrogens is 683 g/mol. The monoisotopic (exact) mass is 715 g/mol. The number of hydrogen-bond acceptors (Lipinski definition) is 3. The molecule has 56 heavy (non-hydrogen) atoms. The molecule has 5 heteroatoms. The summed E-state index contributed by atoms with van der Waals surface area (Å²) < 4.78 is 4.56. The first-order valence-corrected chi connectivity index (χ1v) is 18.9. The Labute approximate surface area is 323 Å². The number of hydrogen-bond donors (Lipinski definition) is 0. The molecule has 0 amide bonds. The Bertz CT molecular complexity index is 3100. The van der Waals surface area contributed by atoms with Gasteiger partial charge in [-0.3, -0.25) is 4.57 Å². The molecule has 262 valence electrons. The molecule has 11 aromatic rings. The maximum atomic E-state index is 5.28. The second-order valence-electron chi connectivity index (χ2n) is 14.1. The average molecular weight is 716 g/mol. The molecule has 3 heterocycles. The lowest BCUT2D eigenvalue weighted by atomic mass is 10.0. The molecule has 0 aliphatic heterocycles. The SMILES string of the molecule is c1ccc(-c2cccc(-c3nc(-c4cccc(-c5ccccc5)c4)nc(-n4c5ccccc5c5cc(-n6c7ccccc7c7ccccc76)ccc54)n3)c2)cc1. The zero-order chi connectivity index (χ0) is 37.0. The maximum Gasteiger partial charge on any atom is 0.238 e. The highest BCUT2D eigenvalue weighted by Crippen LogP contribution is 2.37. The summed E-state index contributed by atoms with van der Waals surface area (Å²) in [5.74, 6) is 1.79. The van der Waals surface area contributed by atoms with Crippen molar-refractivity contribution in [2.75, 3.05) is 0 Å². The van der Waals surface area contributed by atoms with Crippen molar-refractivity contribution in [3.63, 3.8) is 0 Å². The molecule has 0 saturated heterocycles. The third kappa shape index (κ3) is 5.29. The van der Waals surface area contributed by atoms with Gasteiger partial charge in [0.25, 0.3) is 0 Å². The molecule has 8 aromatic carbocycles. The van der Waals surface area contributed by atoms with Crippen LogP contribution < -0.4 is 0 Å². The summed E-state index contributed by atoms with van der Waals surface area (Å²) >= 11 is 0. The summed E-state index contributed by atoms with van der Waals surface area (Å²) in [5.41, 5.74) is 11.8. The number of para-hydroxylation sites is 3. The maximum absolute atomic E-state index is 5.28. The summed E-state index contributed by atoms with van der Waals surface area (Å²) in [6.45, 7) is 0. The fourth-order valence-electron chi connectivity index (χ4n) is 8.18. The van der Waals surface area contributed by atoms with E-state index in [0.717, 1.165) is 60.9 Å². The molecule has 0 unspecified atom stereocenters. The number of benzene rings is 8. The van der Waals surface area contributed by atoms with Crippen molar-refractivity contribution in [1.29, 1.82) is 0 Å². The van der Waals surface area contributed by atoms with Crippen molar-refractivity contribution < 1.29 is 0 Å². The van der Waals surface area contributed by atoms with Crippen LogP contribution in [0.1, 0.15) is 0 Å². The Morgan fingerprint density at radius 1 is 0.268 bits per heavy atom. The molecular formula is C51H33N5. The van der Waals surface area contributed by atoms with E-state index in [1.54, 1.807) is 0 Å². The minimum Gasteiger partial charge on any atom is -0.309 e. The highest BCUT2D eigenvalue weighted by atomic mass is 15.2. The van der Waals surface area contributed by atoms with E-state index in [1.165, 1.54) is 21.8 Å². The van der Waals surface area contributed by atoms with Crippen molar-refractivity contribution in [3.8, 4) is 56.7 Å². The van der Waals surface area contributed by atoms with Crippen LogP contribution in [0.15, 0.2) is 200 Å². The van der Waals surface area contributed by atoms with Crippen LogP contribution in [0.25, 0.3) is 100 Å². The van der Waals surface area contributed by atoms with Gasteiger partial charge in [0.15, 0.2) is 11.6 Å². The van der Waals surface area contributed by atoms with Gasteiger partial charge in [-0.25, -0.2) is 4.98 Å². The Balaban J connectivity index is 1.14. The van der Waals surface area contributed by atoms with Gasteiger partial charge in [0, 0.05) is 38.4 Å². The van der Waals surface area contributed by atoms with Crippen LogP contribution in [0.3, 0.4) is 0 Å². The van der Waals surface area contributed by atoms with E-state index in [2.05, 4.69) is 197 Å². The second kappa shape index (κ2) is 13.0. The van der Waals surface area contributed by atoms with Gasteiger partial charge in [0.1, 0.15) is 0 Å².